The number of nitrogens with zero attached hydrogens (tertiary/aromatic N) is 3. The minimum Gasteiger partial charge on any atom is -0.396 e. The van der Waals surface area contributed by atoms with Crippen LogP contribution in [0.1, 0.15) is 37.4 Å². The molecular formula is C15H18BrN3O. The van der Waals surface area contributed by atoms with Gasteiger partial charge in [0, 0.05) is 41.3 Å². The molecule has 0 aromatic carbocycles. The van der Waals surface area contributed by atoms with Gasteiger partial charge in [0.05, 0.1) is 0 Å². The van der Waals surface area contributed by atoms with Crippen LogP contribution in [0.3, 0.4) is 0 Å². The highest BCUT2D eigenvalue weighted by Gasteiger charge is 2.26. The molecule has 0 aliphatic rings. The van der Waals surface area contributed by atoms with E-state index in [1.54, 1.807) is 6.20 Å². The Kier molecular flexibility index (Phi) is 4.83. The summed E-state index contributed by atoms with van der Waals surface area (Å²) in [5, 5.41) is 9.52. The third-order valence-electron chi connectivity index (χ3n) is 3.27. The van der Waals surface area contributed by atoms with Gasteiger partial charge >= 0.3 is 0 Å². The van der Waals surface area contributed by atoms with E-state index in [4.69, 9.17) is 0 Å². The molecule has 0 spiro atoms. The molecule has 0 radical (unpaired) electrons. The van der Waals surface area contributed by atoms with Crippen molar-refractivity contribution in [3.8, 4) is 0 Å². The Balaban J connectivity index is 2.36. The van der Waals surface area contributed by atoms with Crippen molar-refractivity contribution in [2.45, 2.75) is 26.2 Å². The van der Waals surface area contributed by atoms with Gasteiger partial charge in [-0.2, -0.15) is 0 Å². The molecule has 0 fully saturated rings. The highest BCUT2D eigenvalue weighted by atomic mass is 79.9. The molecule has 106 valence electrons. The first-order valence-corrected chi connectivity index (χ1v) is 7.28. The van der Waals surface area contributed by atoms with Crippen LogP contribution in [0.2, 0.25) is 0 Å². The normalized spacial score (nSPS) is 13.2. The van der Waals surface area contributed by atoms with Crippen molar-refractivity contribution in [2.24, 2.45) is 5.41 Å². The molecule has 0 amide bonds. The summed E-state index contributed by atoms with van der Waals surface area (Å²) in [5.41, 5.74) is 1.79. The zero-order valence-corrected chi connectivity index (χ0v) is 13.2. The van der Waals surface area contributed by atoms with E-state index in [0.29, 0.717) is 0 Å². The predicted octanol–water partition coefficient (Wildman–Crippen LogP) is 3.17. The second-order valence-corrected chi connectivity index (χ2v) is 6.57. The average molecular weight is 336 g/mol. The van der Waals surface area contributed by atoms with E-state index in [1.165, 1.54) is 6.33 Å². The molecule has 2 heterocycles. The maximum atomic E-state index is 9.52. The molecule has 1 unspecified atom stereocenters. The number of hydrogen-bond acceptors (Lipinski definition) is 4. The summed E-state index contributed by atoms with van der Waals surface area (Å²) in [7, 11) is 0. The zero-order chi connectivity index (χ0) is 14.6. The molecule has 1 N–H and O–H groups in total. The first-order valence-electron chi connectivity index (χ1n) is 6.49. The van der Waals surface area contributed by atoms with Gasteiger partial charge in [-0.25, -0.2) is 9.97 Å². The van der Waals surface area contributed by atoms with E-state index in [9.17, 15) is 5.11 Å². The number of aliphatic hydroxyl groups is 1. The fraction of sp³-hybridized carbons (Fsp3) is 0.400. The van der Waals surface area contributed by atoms with Gasteiger partial charge < -0.3 is 5.11 Å². The summed E-state index contributed by atoms with van der Waals surface area (Å²) in [6.45, 7) is 4.22. The fourth-order valence-corrected chi connectivity index (χ4v) is 2.33. The molecule has 4 nitrogen and oxygen atoms in total. The third kappa shape index (κ3) is 3.84. The summed E-state index contributed by atoms with van der Waals surface area (Å²) in [6.07, 6.45) is 7.72. The molecule has 1 atom stereocenters. The number of aromatic nitrogens is 3. The van der Waals surface area contributed by atoms with Crippen molar-refractivity contribution < 1.29 is 5.11 Å². The topological polar surface area (TPSA) is 58.9 Å². The minimum absolute atomic E-state index is 0.0754. The average Bonchev–Trinajstić information content (AvgIpc) is 2.47. The van der Waals surface area contributed by atoms with Crippen molar-refractivity contribution in [1.29, 1.82) is 0 Å². The van der Waals surface area contributed by atoms with E-state index in [0.717, 1.165) is 22.2 Å². The first kappa shape index (κ1) is 15.1. The fourth-order valence-electron chi connectivity index (χ4n) is 2.09. The van der Waals surface area contributed by atoms with Crippen molar-refractivity contribution in [1.82, 2.24) is 15.0 Å². The van der Waals surface area contributed by atoms with Crippen LogP contribution < -0.4 is 0 Å². The highest BCUT2D eigenvalue weighted by molar-refractivity contribution is 9.10. The Labute approximate surface area is 127 Å². The molecule has 0 aliphatic carbocycles. The van der Waals surface area contributed by atoms with Crippen LogP contribution in [-0.4, -0.2) is 26.7 Å². The van der Waals surface area contributed by atoms with Gasteiger partial charge in [0.15, 0.2) is 0 Å². The number of rotatable bonds is 5. The van der Waals surface area contributed by atoms with Gasteiger partial charge in [-0.15, -0.1) is 0 Å². The van der Waals surface area contributed by atoms with Crippen molar-refractivity contribution in [3.05, 3.63) is 52.8 Å². The minimum atomic E-state index is -0.185. The van der Waals surface area contributed by atoms with Gasteiger partial charge in [0.25, 0.3) is 0 Å². The molecule has 2 rings (SSSR count). The Bertz CT molecular complexity index is 543. The zero-order valence-electron chi connectivity index (χ0n) is 11.6. The van der Waals surface area contributed by atoms with Crippen LogP contribution >= 0.6 is 15.9 Å². The quantitative estimate of drug-likeness (QED) is 0.911. The lowest BCUT2D eigenvalue weighted by molar-refractivity contribution is 0.145. The van der Waals surface area contributed by atoms with Gasteiger partial charge in [-0.3, -0.25) is 4.98 Å². The SMILES string of the molecule is CC(C)(CO)CC(c1cncnc1)c1ccc(Br)cn1. The van der Waals surface area contributed by atoms with Gasteiger partial charge in [-0.1, -0.05) is 13.8 Å². The number of aliphatic hydroxyl groups excluding tert-OH is 1. The summed E-state index contributed by atoms with van der Waals surface area (Å²) in [4.78, 5) is 12.7. The number of hydrogen-bond donors (Lipinski definition) is 1. The summed E-state index contributed by atoms with van der Waals surface area (Å²) in [5.74, 6) is 0.0754. The second-order valence-electron chi connectivity index (χ2n) is 5.65. The maximum absolute atomic E-state index is 9.52. The monoisotopic (exact) mass is 335 g/mol. The van der Waals surface area contributed by atoms with Crippen molar-refractivity contribution in [3.63, 3.8) is 0 Å². The van der Waals surface area contributed by atoms with Gasteiger partial charge in [0.2, 0.25) is 0 Å². The third-order valence-corrected chi connectivity index (χ3v) is 3.74. The Morgan fingerprint density at radius 3 is 2.45 bits per heavy atom. The molecule has 5 heteroatoms. The van der Waals surface area contributed by atoms with Gasteiger partial charge in [-0.05, 0) is 45.5 Å². The molecule has 0 aliphatic heterocycles. The molecule has 2 aromatic rings. The Morgan fingerprint density at radius 2 is 1.90 bits per heavy atom. The van der Waals surface area contributed by atoms with E-state index >= 15 is 0 Å². The molecule has 2 aromatic heterocycles. The van der Waals surface area contributed by atoms with Crippen molar-refractivity contribution >= 4 is 15.9 Å². The lowest BCUT2D eigenvalue weighted by Crippen LogP contribution is -2.21. The second kappa shape index (κ2) is 6.41. The van der Waals surface area contributed by atoms with Crippen LogP contribution in [-0.2, 0) is 0 Å². The van der Waals surface area contributed by atoms with E-state index in [-0.39, 0.29) is 17.9 Å². The molecule has 0 saturated heterocycles. The van der Waals surface area contributed by atoms with Crippen LogP contribution in [0.4, 0.5) is 0 Å². The molecular weight excluding hydrogens is 318 g/mol. The maximum Gasteiger partial charge on any atom is 0.115 e. The molecule has 0 bridgehead atoms. The van der Waals surface area contributed by atoms with E-state index in [2.05, 4.69) is 30.9 Å². The lowest BCUT2D eigenvalue weighted by atomic mass is 9.79. The smallest absolute Gasteiger partial charge is 0.115 e. The standard InChI is InChI=1S/C15H18BrN3O/c1-15(2,9-20)5-13(11-6-17-10-18-7-11)14-4-3-12(16)8-19-14/h3-4,6-8,10,13,20H,5,9H2,1-2H3. The predicted molar refractivity (Wildman–Crippen MR) is 81.3 cm³/mol. The molecule has 20 heavy (non-hydrogen) atoms. The number of halogens is 1. The Hall–Kier alpha value is -1.33. The largest absolute Gasteiger partial charge is 0.396 e. The lowest BCUT2D eigenvalue weighted by Gasteiger charge is -2.27. The van der Waals surface area contributed by atoms with E-state index in [1.807, 2.05) is 38.4 Å². The van der Waals surface area contributed by atoms with Crippen LogP contribution in [0.5, 0.6) is 0 Å². The Morgan fingerprint density at radius 1 is 1.20 bits per heavy atom. The van der Waals surface area contributed by atoms with Crippen LogP contribution in [0.15, 0.2) is 41.5 Å². The summed E-state index contributed by atoms with van der Waals surface area (Å²) >= 11 is 3.40. The van der Waals surface area contributed by atoms with Crippen molar-refractivity contribution in [2.75, 3.05) is 6.61 Å². The summed E-state index contributed by atoms with van der Waals surface area (Å²) < 4.78 is 0.950. The van der Waals surface area contributed by atoms with Crippen LogP contribution in [0, 0.1) is 5.41 Å². The first-order chi connectivity index (χ1) is 9.52. The van der Waals surface area contributed by atoms with E-state index < -0.39 is 0 Å². The number of pyridine rings is 1. The van der Waals surface area contributed by atoms with Gasteiger partial charge in [0.1, 0.15) is 6.33 Å². The summed E-state index contributed by atoms with van der Waals surface area (Å²) in [6, 6.07) is 3.97. The highest BCUT2D eigenvalue weighted by Crippen LogP contribution is 2.35. The molecule has 0 saturated carbocycles. The van der Waals surface area contributed by atoms with Crippen LogP contribution in [0.25, 0.3) is 0 Å².